The molecule has 2 fully saturated rings. The summed E-state index contributed by atoms with van der Waals surface area (Å²) in [5.74, 6) is -0.508. The van der Waals surface area contributed by atoms with E-state index in [2.05, 4.69) is 9.97 Å². The Morgan fingerprint density at radius 2 is 1.92 bits per heavy atom. The summed E-state index contributed by atoms with van der Waals surface area (Å²) in [5, 5.41) is 0. The van der Waals surface area contributed by atoms with Crippen LogP contribution in [0, 0.1) is 12.8 Å². The van der Waals surface area contributed by atoms with Gasteiger partial charge in [-0.1, -0.05) is 0 Å². The highest BCUT2D eigenvalue weighted by molar-refractivity contribution is 6.04. The Morgan fingerprint density at radius 1 is 1.24 bits per heavy atom. The van der Waals surface area contributed by atoms with Gasteiger partial charge in [0.25, 0.3) is 0 Å². The number of carbonyl (C=O) groups is 3. The Bertz CT molecular complexity index is 645. The highest BCUT2D eigenvalue weighted by atomic mass is 16.5. The zero-order valence-corrected chi connectivity index (χ0v) is 14.3. The largest absolute Gasteiger partial charge is 0.463 e. The van der Waals surface area contributed by atoms with Crippen molar-refractivity contribution in [2.75, 3.05) is 26.2 Å². The van der Waals surface area contributed by atoms with Gasteiger partial charge in [0.1, 0.15) is 6.54 Å². The van der Waals surface area contributed by atoms with Crippen molar-refractivity contribution in [2.45, 2.75) is 32.6 Å². The average molecular weight is 346 g/mol. The van der Waals surface area contributed by atoms with E-state index < -0.39 is 0 Å². The monoisotopic (exact) mass is 346 g/mol. The summed E-state index contributed by atoms with van der Waals surface area (Å²) in [6.45, 7) is 3.40. The SMILES string of the molecule is Cc1cnc(OCC2CCCN(C(=O)CN3C(=O)CCC3=O)C2)nc1. The first-order chi connectivity index (χ1) is 12.0. The number of carbonyl (C=O) groups excluding carboxylic acids is 3. The Morgan fingerprint density at radius 3 is 2.60 bits per heavy atom. The lowest BCUT2D eigenvalue weighted by Crippen LogP contribution is -2.47. The first-order valence-corrected chi connectivity index (χ1v) is 8.55. The number of imide groups is 1. The first kappa shape index (κ1) is 17.3. The quantitative estimate of drug-likeness (QED) is 0.723. The second-order valence-electron chi connectivity index (χ2n) is 6.58. The summed E-state index contributed by atoms with van der Waals surface area (Å²) in [6, 6.07) is 0.335. The number of nitrogens with zero attached hydrogens (tertiary/aromatic N) is 4. The fourth-order valence-electron chi connectivity index (χ4n) is 3.11. The molecule has 2 aliphatic heterocycles. The molecule has 134 valence electrons. The number of hydrogen-bond acceptors (Lipinski definition) is 6. The maximum Gasteiger partial charge on any atom is 0.316 e. The smallest absolute Gasteiger partial charge is 0.316 e. The third-order valence-electron chi connectivity index (χ3n) is 4.53. The summed E-state index contributed by atoms with van der Waals surface area (Å²) in [7, 11) is 0. The van der Waals surface area contributed by atoms with E-state index in [1.807, 2.05) is 6.92 Å². The number of aromatic nitrogens is 2. The predicted molar refractivity (Wildman–Crippen MR) is 87.5 cm³/mol. The number of aryl methyl sites for hydroxylation is 1. The molecule has 0 bridgehead atoms. The van der Waals surface area contributed by atoms with Crippen molar-refractivity contribution in [3.05, 3.63) is 18.0 Å². The van der Waals surface area contributed by atoms with E-state index in [9.17, 15) is 14.4 Å². The van der Waals surface area contributed by atoms with Crippen LogP contribution >= 0.6 is 0 Å². The van der Waals surface area contributed by atoms with E-state index >= 15 is 0 Å². The molecule has 3 amide bonds. The van der Waals surface area contributed by atoms with E-state index in [-0.39, 0.29) is 43.0 Å². The van der Waals surface area contributed by atoms with Crippen LogP contribution in [0.2, 0.25) is 0 Å². The third-order valence-corrected chi connectivity index (χ3v) is 4.53. The van der Waals surface area contributed by atoms with Crippen LogP contribution < -0.4 is 4.74 Å². The number of likely N-dealkylation sites (tertiary alicyclic amines) is 2. The highest BCUT2D eigenvalue weighted by Crippen LogP contribution is 2.19. The maximum absolute atomic E-state index is 12.4. The molecule has 0 N–H and O–H groups in total. The Labute approximate surface area is 146 Å². The Hall–Kier alpha value is -2.51. The maximum atomic E-state index is 12.4. The summed E-state index contributed by atoms with van der Waals surface area (Å²) in [4.78, 5) is 46.7. The molecule has 3 rings (SSSR count). The van der Waals surface area contributed by atoms with Crippen molar-refractivity contribution >= 4 is 17.7 Å². The van der Waals surface area contributed by atoms with E-state index in [0.29, 0.717) is 25.7 Å². The van der Waals surface area contributed by atoms with Crippen LogP contribution in [-0.4, -0.2) is 63.7 Å². The summed E-state index contributed by atoms with van der Waals surface area (Å²) < 4.78 is 5.62. The fraction of sp³-hybridized carbons (Fsp3) is 0.588. The second kappa shape index (κ2) is 7.58. The first-order valence-electron chi connectivity index (χ1n) is 8.55. The van der Waals surface area contributed by atoms with Crippen LogP contribution in [-0.2, 0) is 14.4 Å². The van der Waals surface area contributed by atoms with Crippen LogP contribution in [0.15, 0.2) is 12.4 Å². The number of rotatable bonds is 5. The molecule has 2 aliphatic rings. The van der Waals surface area contributed by atoms with Crippen molar-refractivity contribution in [3.8, 4) is 6.01 Å². The molecule has 1 unspecified atom stereocenters. The lowest BCUT2D eigenvalue weighted by atomic mass is 9.99. The Kier molecular flexibility index (Phi) is 5.25. The molecule has 1 atom stereocenters. The van der Waals surface area contributed by atoms with Gasteiger partial charge < -0.3 is 9.64 Å². The molecule has 25 heavy (non-hydrogen) atoms. The molecule has 1 aromatic heterocycles. The number of amides is 3. The van der Waals surface area contributed by atoms with Gasteiger partial charge in [0.05, 0.1) is 6.61 Å². The van der Waals surface area contributed by atoms with Crippen LogP contribution in [0.25, 0.3) is 0 Å². The van der Waals surface area contributed by atoms with E-state index in [1.165, 1.54) is 0 Å². The minimum Gasteiger partial charge on any atom is -0.463 e. The molecule has 2 saturated heterocycles. The predicted octanol–water partition coefficient (Wildman–Crippen LogP) is 0.551. The molecular formula is C17H22N4O4. The van der Waals surface area contributed by atoms with Gasteiger partial charge in [0, 0.05) is 44.2 Å². The van der Waals surface area contributed by atoms with Gasteiger partial charge >= 0.3 is 6.01 Å². The Balaban J connectivity index is 1.50. The van der Waals surface area contributed by atoms with Crippen LogP contribution in [0.5, 0.6) is 6.01 Å². The van der Waals surface area contributed by atoms with Crippen molar-refractivity contribution in [1.29, 1.82) is 0 Å². The van der Waals surface area contributed by atoms with Crippen LogP contribution in [0.3, 0.4) is 0 Å². The molecular weight excluding hydrogens is 324 g/mol. The van der Waals surface area contributed by atoms with E-state index in [1.54, 1.807) is 17.3 Å². The van der Waals surface area contributed by atoms with Gasteiger partial charge in [0.2, 0.25) is 17.7 Å². The molecule has 0 aliphatic carbocycles. The number of hydrogen-bond donors (Lipinski definition) is 0. The molecule has 0 radical (unpaired) electrons. The van der Waals surface area contributed by atoms with Gasteiger partial charge in [-0.2, -0.15) is 0 Å². The normalized spacial score (nSPS) is 20.9. The molecule has 3 heterocycles. The van der Waals surface area contributed by atoms with Crippen molar-refractivity contribution in [3.63, 3.8) is 0 Å². The molecule has 8 heteroatoms. The van der Waals surface area contributed by atoms with Gasteiger partial charge in [0.15, 0.2) is 0 Å². The summed E-state index contributed by atoms with van der Waals surface area (Å²) in [6.07, 6.45) is 5.64. The zero-order chi connectivity index (χ0) is 17.8. The van der Waals surface area contributed by atoms with Crippen molar-refractivity contribution in [1.82, 2.24) is 19.8 Å². The van der Waals surface area contributed by atoms with Crippen molar-refractivity contribution in [2.24, 2.45) is 5.92 Å². The topological polar surface area (TPSA) is 92.7 Å². The van der Waals surface area contributed by atoms with Crippen LogP contribution in [0.1, 0.15) is 31.2 Å². The molecule has 0 saturated carbocycles. The zero-order valence-electron chi connectivity index (χ0n) is 14.3. The fourth-order valence-corrected chi connectivity index (χ4v) is 3.11. The van der Waals surface area contributed by atoms with Crippen LogP contribution in [0.4, 0.5) is 0 Å². The molecule has 0 aromatic carbocycles. The van der Waals surface area contributed by atoms with E-state index in [0.717, 1.165) is 23.3 Å². The average Bonchev–Trinajstić information content (AvgIpc) is 2.93. The standard InChI is InChI=1S/C17H22N4O4/c1-12-7-18-17(19-8-12)25-11-13-3-2-6-20(9-13)16(24)10-21-14(22)4-5-15(21)23/h7-8,13H,2-6,9-11H2,1H3. The summed E-state index contributed by atoms with van der Waals surface area (Å²) in [5.41, 5.74) is 0.966. The lowest BCUT2D eigenvalue weighted by Gasteiger charge is -2.33. The molecule has 8 nitrogen and oxygen atoms in total. The third kappa shape index (κ3) is 4.32. The molecule has 0 spiro atoms. The van der Waals surface area contributed by atoms with Gasteiger partial charge in [-0.25, -0.2) is 9.97 Å². The van der Waals surface area contributed by atoms with E-state index in [4.69, 9.17) is 4.74 Å². The summed E-state index contributed by atoms with van der Waals surface area (Å²) >= 11 is 0. The number of ether oxygens (including phenoxy) is 1. The highest BCUT2D eigenvalue weighted by Gasteiger charge is 2.33. The van der Waals surface area contributed by atoms with Gasteiger partial charge in [-0.3, -0.25) is 19.3 Å². The minimum absolute atomic E-state index is 0.147. The van der Waals surface area contributed by atoms with Crippen molar-refractivity contribution < 1.29 is 19.1 Å². The molecule has 1 aromatic rings. The van der Waals surface area contributed by atoms with Gasteiger partial charge in [-0.05, 0) is 25.3 Å². The number of piperidine rings is 1. The second-order valence-corrected chi connectivity index (χ2v) is 6.58. The van der Waals surface area contributed by atoms with Gasteiger partial charge in [-0.15, -0.1) is 0 Å². The lowest BCUT2D eigenvalue weighted by molar-refractivity contribution is -0.146. The minimum atomic E-state index is -0.258.